The second kappa shape index (κ2) is 4.85. The van der Waals surface area contributed by atoms with Gasteiger partial charge in [0, 0.05) is 23.8 Å². The maximum absolute atomic E-state index is 11.4. The van der Waals surface area contributed by atoms with Crippen molar-refractivity contribution in [1.82, 2.24) is 9.38 Å². The van der Waals surface area contributed by atoms with Gasteiger partial charge in [-0.05, 0) is 19.1 Å². The molecule has 0 atom stereocenters. The van der Waals surface area contributed by atoms with E-state index in [1.807, 2.05) is 51.2 Å². The minimum atomic E-state index is 0.599. The first kappa shape index (κ1) is 11.9. The molecule has 0 aliphatic heterocycles. The number of aromatic nitrogens is 2. The number of fused-ring (bicyclic) bond motifs is 1. The molecule has 0 saturated carbocycles. The molecule has 0 aliphatic carbocycles. The molecule has 5 heteroatoms. The third kappa shape index (κ3) is 1.92. The van der Waals surface area contributed by atoms with Gasteiger partial charge in [0.15, 0.2) is 17.1 Å². The fraction of sp³-hybridized carbons (Fsp3) is 0.143. The van der Waals surface area contributed by atoms with E-state index in [2.05, 4.69) is 11.9 Å². The van der Waals surface area contributed by atoms with Crippen LogP contribution in [0.15, 0.2) is 41.9 Å². The van der Waals surface area contributed by atoms with E-state index in [4.69, 9.17) is 0 Å². The predicted octanol–water partition coefficient (Wildman–Crippen LogP) is 3.37. The Morgan fingerprint density at radius 2 is 2.16 bits per heavy atom. The molecule has 19 heavy (non-hydrogen) atoms. The molecule has 3 rings (SSSR count). The lowest BCUT2D eigenvalue weighted by atomic mass is 10.2. The van der Waals surface area contributed by atoms with Gasteiger partial charge >= 0.3 is 0 Å². The fourth-order valence-corrected chi connectivity index (χ4v) is 2.88. The molecule has 0 aliphatic rings. The van der Waals surface area contributed by atoms with Crippen molar-refractivity contribution in [2.45, 2.75) is 6.92 Å². The average Bonchev–Trinajstić information content (AvgIpc) is 3.01. The quantitative estimate of drug-likeness (QED) is 0.683. The van der Waals surface area contributed by atoms with Gasteiger partial charge in [0.2, 0.25) is 0 Å². The molecular weight excluding hydrogens is 258 g/mol. The molecule has 1 aromatic carbocycles. The minimum absolute atomic E-state index is 0.599. The molecule has 3 aromatic rings. The summed E-state index contributed by atoms with van der Waals surface area (Å²) < 4.78 is 1.83. The first-order valence-corrected chi connectivity index (χ1v) is 6.96. The van der Waals surface area contributed by atoms with Crippen molar-refractivity contribution < 1.29 is 4.79 Å². The number of thiazole rings is 1. The van der Waals surface area contributed by atoms with Crippen LogP contribution in [-0.4, -0.2) is 22.2 Å². The number of para-hydroxylation sites is 1. The predicted molar refractivity (Wildman–Crippen MR) is 77.6 cm³/mol. The van der Waals surface area contributed by atoms with Crippen LogP contribution in [0.3, 0.4) is 0 Å². The Labute approximate surface area is 114 Å². The SMILES string of the molecule is CCN(c1ccccc1)c1nc2sccn2c1C=O. The topological polar surface area (TPSA) is 37.6 Å². The van der Waals surface area contributed by atoms with Gasteiger partial charge < -0.3 is 4.90 Å². The van der Waals surface area contributed by atoms with Gasteiger partial charge in [0.25, 0.3) is 0 Å². The number of aldehydes is 1. The maximum atomic E-state index is 11.4. The lowest BCUT2D eigenvalue weighted by Gasteiger charge is -2.21. The van der Waals surface area contributed by atoms with E-state index in [1.54, 1.807) is 0 Å². The number of anilines is 2. The molecule has 96 valence electrons. The number of benzene rings is 1. The third-order valence-corrected chi connectivity index (χ3v) is 3.79. The van der Waals surface area contributed by atoms with Gasteiger partial charge in [-0.2, -0.15) is 0 Å². The van der Waals surface area contributed by atoms with Crippen molar-refractivity contribution in [3.8, 4) is 0 Å². The number of hydrogen-bond acceptors (Lipinski definition) is 4. The first-order chi connectivity index (χ1) is 9.35. The summed E-state index contributed by atoms with van der Waals surface area (Å²) in [6.45, 7) is 2.81. The molecule has 2 heterocycles. The zero-order valence-electron chi connectivity index (χ0n) is 10.5. The van der Waals surface area contributed by atoms with E-state index in [-0.39, 0.29) is 0 Å². The van der Waals surface area contributed by atoms with Crippen LogP contribution in [0, 0.1) is 0 Å². The number of nitrogens with zero attached hydrogens (tertiary/aromatic N) is 3. The van der Waals surface area contributed by atoms with Crippen LogP contribution < -0.4 is 4.90 Å². The van der Waals surface area contributed by atoms with E-state index >= 15 is 0 Å². The number of carbonyl (C=O) groups is 1. The van der Waals surface area contributed by atoms with Gasteiger partial charge in [0.1, 0.15) is 5.69 Å². The fourth-order valence-electron chi connectivity index (χ4n) is 2.16. The second-order valence-electron chi connectivity index (χ2n) is 4.07. The summed E-state index contributed by atoms with van der Waals surface area (Å²) in [7, 11) is 0. The van der Waals surface area contributed by atoms with Gasteiger partial charge in [0.05, 0.1) is 0 Å². The van der Waals surface area contributed by atoms with E-state index in [1.165, 1.54) is 11.3 Å². The van der Waals surface area contributed by atoms with E-state index in [0.717, 1.165) is 29.3 Å². The largest absolute Gasteiger partial charge is 0.325 e. The molecule has 0 radical (unpaired) electrons. The van der Waals surface area contributed by atoms with Gasteiger partial charge in [-0.25, -0.2) is 4.98 Å². The molecule has 2 aromatic heterocycles. The molecule has 0 bridgehead atoms. The van der Waals surface area contributed by atoms with Gasteiger partial charge in [-0.1, -0.05) is 18.2 Å². The zero-order chi connectivity index (χ0) is 13.2. The molecule has 0 spiro atoms. The van der Waals surface area contributed by atoms with Crippen molar-refractivity contribution in [2.24, 2.45) is 0 Å². The summed E-state index contributed by atoms with van der Waals surface area (Å²) in [4.78, 5) is 18.8. The van der Waals surface area contributed by atoms with Crippen LogP contribution >= 0.6 is 11.3 Å². The Balaban J connectivity index is 2.16. The van der Waals surface area contributed by atoms with Crippen molar-refractivity contribution in [1.29, 1.82) is 0 Å². The van der Waals surface area contributed by atoms with Crippen molar-refractivity contribution in [3.63, 3.8) is 0 Å². The van der Waals surface area contributed by atoms with E-state index < -0.39 is 0 Å². The van der Waals surface area contributed by atoms with Crippen LogP contribution in [0.5, 0.6) is 0 Å². The Kier molecular flexibility index (Phi) is 3.05. The zero-order valence-corrected chi connectivity index (χ0v) is 11.3. The standard InChI is InChI=1S/C14H13N3OS/c1-2-16(11-6-4-3-5-7-11)13-12(10-18)17-8-9-19-14(17)15-13/h3-10H,2H2,1H3. The monoisotopic (exact) mass is 271 g/mol. The van der Waals surface area contributed by atoms with Gasteiger partial charge in [-0.15, -0.1) is 11.3 Å². The smallest absolute Gasteiger partial charge is 0.196 e. The highest BCUT2D eigenvalue weighted by atomic mass is 32.1. The normalized spacial score (nSPS) is 10.8. The van der Waals surface area contributed by atoms with Crippen molar-refractivity contribution in [2.75, 3.05) is 11.4 Å². The number of carbonyl (C=O) groups excluding carboxylic acids is 1. The summed E-state index contributed by atoms with van der Waals surface area (Å²) in [5.74, 6) is 0.718. The Morgan fingerprint density at radius 3 is 2.84 bits per heavy atom. The summed E-state index contributed by atoms with van der Waals surface area (Å²) >= 11 is 1.53. The molecule has 0 N–H and O–H groups in total. The molecule has 0 fully saturated rings. The minimum Gasteiger partial charge on any atom is -0.325 e. The Bertz CT molecular complexity index is 702. The molecule has 0 unspecified atom stereocenters. The number of hydrogen-bond donors (Lipinski definition) is 0. The van der Waals surface area contributed by atoms with Crippen LogP contribution in [-0.2, 0) is 0 Å². The molecule has 4 nitrogen and oxygen atoms in total. The lowest BCUT2D eigenvalue weighted by molar-refractivity contribution is 0.111. The maximum Gasteiger partial charge on any atom is 0.196 e. The van der Waals surface area contributed by atoms with Crippen LogP contribution in [0.25, 0.3) is 4.96 Å². The summed E-state index contributed by atoms with van der Waals surface area (Å²) in [6.07, 6.45) is 2.74. The molecular formula is C14H13N3OS. The summed E-state index contributed by atoms with van der Waals surface area (Å²) in [5, 5.41) is 1.93. The first-order valence-electron chi connectivity index (χ1n) is 6.08. The highest BCUT2D eigenvalue weighted by molar-refractivity contribution is 7.15. The highest BCUT2D eigenvalue weighted by Gasteiger charge is 2.18. The molecule has 0 saturated heterocycles. The summed E-state index contributed by atoms with van der Waals surface area (Å²) in [5.41, 5.74) is 1.64. The van der Waals surface area contributed by atoms with E-state index in [0.29, 0.717) is 5.69 Å². The Morgan fingerprint density at radius 1 is 1.37 bits per heavy atom. The third-order valence-electron chi connectivity index (χ3n) is 3.03. The highest BCUT2D eigenvalue weighted by Crippen LogP contribution is 2.29. The Hall–Kier alpha value is -2.14. The van der Waals surface area contributed by atoms with Crippen LogP contribution in [0.1, 0.15) is 17.4 Å². The lowest BCUT2D eigenvalue weighted by Crippen LogP contribution is -2.18. The van der Waals surface area contributed by atoms with E-state index in [9.17, 15) is 4.79 Å². The molecule has 0 amide bonds. The number of rotatable bonds is 4. The summed E-state index contributed by atoms with van der Waals surface area (Å²) in [6, 6.07) is 9.98. The number of imidazole rings is 1. The second-order valence-corrected chi connectivity index (χ2v) is 4.95. The van der Waals surface area contributed by atoms with Crippen LogP contribution in [0.2, 0.25) is 0 Å². The van der Waals surface area contributed by atoms with Crippen molar-refractivity contribution >= 4 is 34.1 Å². The van der Waals surface area contributed by atoms with Crippen LogP contribution in [0.4, 0.5) is 11.5 Å². The van der Waals surface area contributed by atoms with Crippen molar-refractivity contribution in [3.05, 3.63) is 47.6 Å². The van der Waals surface area contributed by atoms with Gasteiger partial charge in [-0.3, -0.25) is 9.20 Å². The average molecular weight is 271 g/mol.